The van der Waals surface area contributed by atoms with Crippen LogP contribution < -0.4 is 10.1 Å². The molecule has 1 N–H and O–H groups in total. The summed E-state index contributed by atoms with van der Waals surface area (Å²) in [6.07, 6.45) is 0.936. The smallest absolute Gasteiger partial charge is 0.257 e. The molecule has 0 aliphatic carbocycles. The lowest BCUT2D eigenvalue weighted by atomic mass is 10.2. The van der Waals surface area contributed by atoms with Crippen molar-refractivity contribution in [2.75, 3.05) is 46.0 Å². The van der Waals surface area contributed by atoms with Crippen molar-refractivity contribution in [3.63, 3.8) is 0 Å². The molecule has 1 fully saturated rings. The summed E-state index contributed by atoms with van der Waals surface area (Å²) in [4.78, 5) is 14.1. The molecule has 0 atom stereocenters. The number of carbonyl (C=O) groups excluding carboxylic acids is 1. The van der Waals surface area contributed by atoms with Gasteiger partial charge in [0.05, 0.1) is 13.2 Å². The Kier molecular flexibility index (Phi) is 6.96. The van der Waals surface area contributed by atoms with Gasteiger partial charge in [-0.1, -0.05) is 11.6 Å². The van der Waals surface area contributed by atoms with Crippen molar-refractivity contribution in [1.82, 2.24) is 10.2 Å². The van der Waals surface area contributed by atoms with Crippen molar-refractivity contribution in [2.24, 2.45) is 0 Å². The topological polar surface area (TPSA) is 50.8 Å². The van der Waals surface area contributed by atoms with E-state index in [1.807, 2.05) is 13.0 Å². The lowest BCUT2D eigenvalue weighted by molar-refractivity contribution is -0.123. The number of hydrogen-bond acceptors (Lipinski definition) is 4. The SMILES string of the molecule is Cc1cc(Cl)ccc1OCC(=O)NCCCN1CCOCC1. The molecule has 1 amide bonds. The number of hydrogen-bond donors (Lipinski definition) is 1. The Morgan fingerprint density at radius 3 is 2.91 bits per heavy atom. The average molecular weight is 327 g/mol. The number of ether oxygens (including phenoxy) is 2. The minimum atomic E-state index is -0.101. The molecule has 5 nitrogen and oxygen atoms in total. The Morgan fingerprint density at radius 2 is 2.18 bits per heavy atom. The van der Waals surface area contributed by atoms with Gasteiger partial charge in [0, 0.05) is 24.7 Å². The maximum absolute atomic E-state index is 11.7. The third-order valence-electron chi connectivity index (χ3n) is 3.57. The maximum atomic E-state index is 11.7. The highest BCUT2D eigenvalue weighted by Gasteiger charge is 2.10. The zero-order chi connectivity index (χ0) is 15.8. The minimum Gasteiger partial charge on any atom is -0.484 e. The molecule has 0 radical (unpaired) electrons. The van der Waals surface area contributed by atoms with Crippen LogP contribution in [0.3, 0.4) is 0 Å². The molecule has 1 aromatic carbocycles. The highest BCUT2D eigenvalue weighted by Crippen LogP contribution is 2.21. The predicted octanol–water partition coefficient (Wildman–Crippen LogP) is 1.87. The fourth-order valence-corrected chi connectivity index (χ4v) is 2.55. The lowest BCUT2D eigenvalue weighted by Crippen LogP contribution is -2.38. The second-order valence-electron chi connectivity index (χ2n) is 5.36. The van der Waals surface area contributed by atoms with E-state index in [4.69, 9.17) is 21.1 Å². The third-order valence-corrected chi connectivity index (χ3v) is 3.81. The molecule has 6 heteroatoms. The molecular weight excluding hydrogens is 304 g/mol. The Morgan fingerprint density at radius 1 is 1.41 bits per heavy atom. The molecule has 0 unspecified atom stereocenters. The van der Waals surface area contributed by atoms with E-state index < -0.39 is 0 Å². The summed E-state index contributed by atoms with van der Waals surface area (Å²) in [6, 6.07) is 5.35. The van der Waals surface area contributed by atoms with Gasteiger partial charge in [-0.3, -0.25) is 9.69 Å². The van der Waals surface area contributed by atoms with Crippen LogP contribution in [0.4, 0.5) is 0 Å². The molecule has 1 saturated heterocycles. The molecule has 0 bridgehead atoms. The Bertz CT molecular complexity index is 490. The molecule has 2 rings (SSSR count). The third kappa shape index (κ3) is 5.83. The molecule has 122 valence electrons. The standard InChI is InChI=1S/C16H23ClN2O3/c1-13-11-14(17)3-4-15(13)22-12-16(20)18-5-2-6-19-7-9-21-10-8-19/h3-4,11H,2,5-10,12H2,1H3,(H,18,20). The number of benzene rings is 1. The van der Waals surface area contributed by atoms with Gasteiger partial charge in [0.25, 0.3) is 5.91 Å². The molecule has 0 saturated carbocycles. The van der Waals surface area contributed by atoms with Crippen molar-refractivity contribution in [3.8, 4) is 5.75 Å². The normalized spacial score (nSPS) is 15.5. The number of amides is 1. The number of carbonyl (C=O) groups is 1. The van der Waals surface area contributed by atoms with Gasteiger partial charge in [0.2, 0.25) is 0 Å². The summed E-state index contributed by atoms with van der Waals surface area (Å²) in [7, 11) is 0. The minimum absolute atomic E-state index is 0.0278. The van der Waals surface area contributed by atoms with Gasteiger partial charge in [-0.25, -0.2) is 0 Å². The van der Waals surface area contributed by atoms with Gasteiger partial charge >= 0.3 is 0 Å². The van der Waals surface area contributed by atoms with Crippen LogP contribution in [-0.2, 0) is 9.53 Å². The van der Waals surface area contributed by atoms with E-state index in [9.17, 15) is 4.79 Å². The summed E-state index contributed by atoms with van der Waals surface area (Å²) in [5, 5.41) is 3.54. The first-order valence-electron chi connectivity index (χ1n) is 7.61. The van der Waals surface area contributed by atoms with Crippen LogP contribution in [0.2, 0.25) is 5.02 Å². The number of nitrogens with zero attached hydrogens (tertiary/aromatic N) is 1. The van der Waals surface area contributed by atoms with E-state index in [1.54, 1.807) is 12.1 Å². The summed E-state index contributed by atoms with van der Waals surface area (Å²) in [6.45, 7) is 7.16. The van der Waals surface area contributed by atoms with Gasteiger partial charge in [-0.15, -0.1) is 0 Å². The highest BCUT2D eigenvalue weighted by molar-refractivity contribution is 6.30. The second kappa shape index (κ2) is 8.98. The Balaban J connectivity index is 1.59. The molecule has 0 spiro atoms. The zero-order valence-electron chi connectivity index (χ0n) is 12.9. The number of nitrogens with one attached hydrogen (secondary N) is 1. The molecule has 0 aromatic heterocycles. The van der Waals surface area contributed by atoms with Gasteiger partial charge in [-0.2, -0.15) is 0 Å². The monoisotopic (exact) mass is 326 g/mol. The van der Waals surface area contributed by atoms with Crippen molar-refractivity contribution < 1.29 is 14.3 Å². The van der Waals surface area contributed by atoms with E-state index in [0.29, 0.717) is 17.3 Å². The summed E-state index contributed by atoms with van der Waals surface area (Å²) < 4.78 is 10.8. The van der Waals surface area contributed by atoms with Crippen LogP contribution in [0.25, 0.3) is 0 Å². The van der Waals surface area contributed by atoms with Crippen molar-refractivity contribution in [3.05, 3.63) is 28.8 Å². The summed E-state index contributed by atoms with van der Waals surface area (Å²) >= 11 is 5.88. The first-order valence-corrected chi connectivity index (χ1v) is 7.99. The van der Waals surface area contributed by atoms with Crippen LogP contribution in [0.1, 0.15) is 12.0 Å². The fourth-order valence-electron chi connectivity index (χ4n) is 2.32. The number of aryl methyl sites for hydroxylation is 1. The van der Waals surface area contributed by atoms with Crippen LogP contribution >= 0.6 is 11.6 Å². The van der Waals surface area contributed by atoms with Crippen LogP contribution in [-0.4, -0.2) is 56.8 Å². The fraction of sp³-hybridized carbons (Fsp3) is 0.562. The Hall–Kier alpha value is -1.30. The molecular formula is C16H23ClN2O3. The maximum Gasteiger partial charge on any atom is 0.257 e. The zero-order valence-corrected chi connectivity index (χ0v) is 13.7. The quantitative estimate of drug-likeness (QED) is 0.777. The van der Waals surface area contributed by atoms with Crippen LogP contribution in [0.5, 0.6) is 5.75 Å². The summed E-state index contributed by atoms with van der Waals surface area (Å²) in [5.41, 5.74) is 0.924. The van der Waals surface area contributed by atoms with Crippen LogP contribution in [0, 0.1) is 6.92 Å². The van der Waals surface area contributed by atoms with Gasteiger partial charge < -0.3 is 14.8 Å². The Labute approximate surface area is 136 Å². The van der Waals surface area contributed by atoms with E-state index in [1.165, 1.54) is 0 Å². The van der Waals surface area contributed by atoms with Crippen molar-refractivity contribution in [2.45, 2.75) is 13.3 Å². The van der Waals surface area contributed by atoms with Gasteiger partial charge in [-0.05, 0) is 43.7 Å². The summed E-state index contributed by atoms with van der Waals surface area (Å²) in [5.74, 6) is 0.587. The van der Waals surface area contributed by atoms with E-state index in [-0.39, 0.29) is 12.5 Å². The van der Waals surface area contributed by atoms with Crippen LogP contribution in [0.15, 0.2) is 18.2 Å². The van der Waals surface area contributed by atoms with E-state index >= 15 is 0 Å². The van der Waals surface area contributed by atoms with E-state index in [0.717, 1.165) is 44.8 Å². The van der Waals surface area contributed by atoms with E-state index in [2.05, 4.69) is 10.2 Å². The highest BCUT2D eigenvalue weighted by atomic mass is 35.5. The molecule has 1 aliphatic rings. The first kappa shape index (κ1) is 17.1. The largest absolute Gasteiger partial charge is 0.484 e. The average Bonchev–Trinajstić information content (AvgIpc) is 2.52. The number of morpholine rings is 1. The number of rotatable bonds is 7. The molecule has 22 heavy (non-hydrogen) atoms. The molecule has 1 heterocycles. The second-order valence-corrected chi connectivity index (χ2v) is 5.79. The first-order chi connectivity index (χ1) is 10.6. The molecule has 1 aliphatic heterocycles. The van der Waals surface area contributed by atoms with Gasteiger partial charge in [0.1, 0.15) is 5.75 Å². The lowest BCUT2D eigenvalue weighted by Gasteiger charge is -2.26. The number of halogens is 1. The predicted molar refractivity (Wildman–Crippen MR) is 86.6 cm³/mol. The van der Waals surface area contributed by atoms with Gasteiger partial charge in [0.15, 0.2) is 6.61 Å². The molecule has 1 aromatic rings. The van der Waals surface area contributed by atoms with Crippen molar-refractivity contribution >= 4 is 17.5 Å². The van der Waals surface area contributed by atoms with Crippen molar-refractivity contribution in [1.29, 1.82) is 0 Å².